The van der Waals surface area contributed by atoms with E-state index in [1.165, 1.54) is 11.3 Å². The van der Waals surface area contributed by atoms with Gasteiger partial charge in [0.25, 0.3) is 5.91 Å². The Labute approximate surface area is 144 Å². The molecule has 0 aliphatic carbocycles. The van der Waals surface area contributed by atoms with Crippen molar-refractivity contribution in [1.82, 2.24) is 4.98 Å². The van der Waals surface area contributed by atoms with Crippen LogP contribution in [-0.2, 0) is 6.61 Å². The van der Waals surface area contributed by atoms with E-state index in [0.29, 0.717) is 29.2 Å². The summed E-state index contributed by atoms with van der Waals surface area (Å²) in [6.45, 7) is 0.374. The molecular weight excluding hydrogens is 320 g/mol. The van der Waals surface area contributed by atoms with Gasteiger partial charge in [-0.3, -0.25) is 4.79 Å². The van der Waals surface area contributed by atoms with Crippen LogP contribution >= 0.6 is 11.3 Å². The lowest BCUT2D eigenvalue weighted by Gasteiger charge is -2.08. The molecule has 0 aliphatic rings. The van der Waals surface area contributed by atoms with Crippen LogP contribution < -0.4 is 10.1 Å². The fraction of sp³-hybridized carbons (Fsp3) is 0.0526. The van der Waals surface area contributed by atoms with Crippen LogP contribution in [0.5, 0.6) is 5.75 Å². The number of hydrogen-bond acceptors (Lipinski definition) is 4. The molecule has 1 aromatic heterocycles. The Morgan fingerprint density at radius 3 is 2.92 bits per heavy atom. The number of hydrogen-bond donors (Lipinski definition) is 1. The van der Waals surface area contributed by atoms with E-state index in [0.717, 1.165) is 5.69 Å². The van der Waals surface area contributed by atoms with Crippen molar-refractivity contribution in [2.45, 2.75) is 6.61 Å². The number of rotatable bonds is 5. The van der Waals surface area contributed by atoms with E-state index >= 15 is 0 Å². The van der Waals surface area contributed by atoms with Crippen LogP contribution in [0.2, 0.25) is 0 Å². The zero-order chi connectivity index (χ0) is 16.8. The number of nitrogens with one attached hydrogen (secondary N) is 1. The molecule has 0 spiro atoms. The largest absolute Gasteiger partial charge is 0.487 e. The van der Waals surface area contributed by atoms with Gasteiger partial charge in [0.05, 0.1) is 11.2 Å². The molecular formula is C19H14N2O2S. The first-order chi connectivity index (χ1) is 11.7. The van der Waals surface area contributed by atoms with Gasteiger partial charge in [-0.05, 0) is 36.4 Å². The Bertz CT molecular complexity index is 882. The van der Waals surface area contributed by atoms with Crippen molar-refractivity contribution in [2.24, 2.45) is 0 Å². The third-order valence-corrected chi connectivity index (χ3v) is 3.89. The van der Waals surface area contributed by atoms with Crippen molar-refractivity contribution in [3.8, 4) is 18.1 Å². The summed E-state index contributed by atoms with van der Waals surface area (Å²) in [4.78, 5) is 16.5. The Kier molecular flexibility index (Phi) is 4.90. The van der Waals surface area contributed by atoms with E-state index < -0.39 is 0 Å². The van der Waals surface area contributed by atoms with Gasteiger partial charge in [0.1, 0.15) is 12.4 Å². The minimum Gasteiger partial charge on any atom is -0.487 e. The summed E-state index contributed by atoms with van der Waals surface area (Å²) in [5.74, 6) is 2.94. The molecule has 4 nitrogen and oxygen atoms in total. The minimum atomic E-state index is -0.219. The van der Waals surface area contributed by atoms with Gasteiger partial charge in [-0.15, -0.1) is 17.8 Å². The number of terminal acetylenes is 1. The van der Waals surface area contributed by atoms with Gasteiger partial charge in [-0.25, -0.2) is 4.98 Å². The molecule has 0 saturated heterocycles. The van der Waals surface area contributed by atoms with Crippen molar-refractivity contribution in [3.05, 3.63) is 76.2 Å². The highest BCUT2D eigenvalue weighted by atomic mass is 32.1. The van der Waals surface area contributed by atoms with Crippen molar-refractivity contribution in [1.29, 1.82) is 0 Å². The third kappa shape index (κ3) is 4.00. The van der Waals surface area contributed by atoms with Crippen LogP contribution in [0.1, 0.15) is 21.6 Å². The van der Waals surface area contributed by atoms with E-state index in [1.807, 2.05) is 17.5 Å². The number of ether oxygens (including phenoxy) is 1. The maximum atomic E-state index is 12.4. The van der Waals surface area contributed by atoms with Crippen LogP contribution in [0.3, 0.4) is 0 Å². The number of carbonyl (C=O) groups is 1. The zero-order valence-electron chi connectivity index (χ0n) is 12.7. The molecule has 0 unspecified atom stereocenters. The van der Waals surface area contributed by atoms with Crippen molar-refractivity contribution >= 4 is 22.9 Å². The topological polar surface area (TPSA) is 51.2 Å². The van der Waals surface area contributed by atoms with Gasteiger partial charge in [0.2, 0.25) is 0 Å². The summed E-state index contributed by atoms with van der Waals surface area (Å²) < 4.78 is 5.67. The molecule has 0 aliphatic heterocycles. The first-order valence-electron chi connectivity index (χ1n) is 7.22. The maximum absolute atomic E-state index is 12.4. The van der Waals surface area contributed by atoms with Gasteiger partial charge in [-0.2, -0.15) is 0 Å². The Hall–Kier alpha value is -3.10. The second-order valence-corrected chi connectivity index (χ2v) is 5.69. The molecule has 0 radical (unpaired) electrons. The minimum absolute atomic E-state index is 0.219. The lowest BCUT2D eigenvalue weighted by molar-refractivity contribution is 0.102. The molecule has 1 heterocycles. The van der Waals surface area contributed by atoms with E-state index in [-0.39, 0.29) is 5.91 Å². The lowest BCUT2D eigenvalue weighted by atomic mass is 10.1. The second kappa shape index (κ2) is 7.44. The Balaban J connectivity index is 1.68. The maximum Gasteiger partial charge on any atom is 0.255 e. The van der Waals surface area contributed by atoms with Crippen molar-refractivity contribution in [2.75, 3.05) is 5.32 Å². The second-order valence-electron chi connectivity index (χ2n) is 4.98. The van der Waals surface area contributed by atoms with Crippen LogP contribution in [-0.4, -0.2) is 10.9 Å². The fourth-order valence-electron chi connectivity index (χ4n) is 2.08. The van der Waals surface area contributed by atoms with Gasteiger partial charge in [-0.1, -0.05) is 18.1 Å². The predicted octanol–water partition coefficient (Wildman–Crippen LogP) is 3.96. The van der Waals surface area contributed by atoms with E-state index in [9.17, 15) is 4.79 Å². The third-order valence-electron chi connectivity index (χ3n) is 3.25. The summed E-state index contributed by atoms with van der Waals surface area (Å²) in [6, 6.07) is 14.2. The standard InChI is InChI=1S/C19H14N2O2S/c1-2-14-5-3-7-16(9-14)21-19(22)15-6-4-8-18(10-15)23-11-17-12-24-13-20-17/h1,3-10,12-13H,11H2,(H,21,22). The number of benzene rings is 2. The van der Waals surface area contributed by atoms with Gasteiger partial charge < -0.3 is 10.1 Å². The number of nitrogens with zero attached hydrogens (tertiary/aromatic N) is 1. The quantitative estimate of drug-likeness (QED) is 0.719. The predicted molar refractivity (Wildman–Crippen MR) is 95.2 cm³/mol. The van der Waals surface area contributed by atoms with Crippen LogP contribution in [0.4, 0.5) is 5.69 Å². The number of thiazole rings is 1. The van der Waals surface area contributed by atoms with Crippen molar-refractivity contribution in [3.63, 3.8) is 0 Å². The fourth-order valence-corrected chi connectivity index (χ4v) is 2.63. The Morgan fingerprint density at radius 2 is 2.12 bits per heavy atom. The molecule has 3 rings (SSSR count). The smallest absolute Gasteiger partial charge is 0.255 e. The molecule has 0 fully saturated rings. The first-order valence-corrected chi connectivity index (χ1v) is 8.17. The highest BCUT2D eigenvalue weighted by Crippen LogP contribution is 2.17. The van der Waals surface area contributed by atoms with Gasteiger partial charge in [0, 0.05) is 22.2 Å². The molecule has 0 bridgehead atoms. The monoisotopic (exact) mass is 334 g/mol. The highest BCUT2D eigenvalue weighted by Gasteiger charge is 2.08. The summed E-state index contributed by atoms with van der Waals surface area (Å²) in [5, 5.41) is 4.75. The van der Waals surface area contributed by atoms with Crippen LogP contribution in [0.25, 0.3) is 0 Å². The average Bonchev–Trinajstić information content (AvgIpc) is 3.14. The summed E-state index contributed by atoms with van der Waals surface area (Å²) in [7, 11) is 0. The number of anilines is 1. The average molecular weight is 334 g/mol. The van der Waals surface area contributed by atoms with Crippen LogP contribution in [0.15, 0.2) is 59.4 Å². The first kappa shape index (κ1) is 15.8. The summed E-state index contributed by atoms with van der Waals surface area (Å²) in [5.41, 5.74) is 4.50. The normalized spacial score (nSPS) is 9.96. The number of amides is 1. The van der Waals surface area contributed by atoms with Crippen molar-refractivity contribution < 1.29 is 9.53 Å². The molecule has 1 N–H and O–H groups in total. The van der Waals surface area contributed by atoms with E-state index in [4.69, 9.17) is 11.2 Å². The number of carbonyl (C=O) groups excluding carboxylic acids is 1. The summed E-state index contributed by atoms with van der Waals surface area (Å²) >= 11 is 1.52. The van der Waals surface area contributed by atoms with Crippen LogP contribution in [0, 0.1) is 12.3 Å². The molecule has 2 aromatic carbocycles. The molecule has 118 valence electrons. The number of aromatic nitrogens is 1. The lowest BCUT2D eigenvalue weighted by Crippen LogP contribution is -2.12. The molecule has 0 saturated carbocycles. The molecule has 24 heavy (non-hydrogen) atoms. The van der Waals surface area contributed by atoms with Gasteiger partial charge in [0.15, 0.2) is 0 Å². The molecule has 0 atom stereocenters. The SMILES string of the molecule is C#Cc1cccc(NC(=O)c2cccc(OCc3cscn3)c2)c1. The Morgan fingerprint density at radius 1 is 1.25 bits per heavy atom. The zero-order valence-corrected chi connectivity index (χ0v) is 13.5. The molecule has 5 heteroatoms. The molecule has 3 aromatic rings. The summed E-state index contributed by atoms with van der Waals surface area (Å²) in [6.07, 6.45) is 5.37. The van der Waals surface area contributed by atoms with E-state index in [1.54, 1.807) is 41.9 Å². The van der Waals surface area contributed by atoms with E-state index in [2.05, 4.69) is 16.2 Å². The molecule has 1 amide bonds. The highest BCUT2D eigenvalue weighted by molar-refractivity contribution is 7.07. The van der Waals surface area contributed by atoms with Gasteiger partial charge >= 0.3 is 0 Å².